The number of nitrogens with zero attached hydrogens (tertiary/aromatic N) is 3. The molecule has 138 valence electrons. The Bertz CT molecular complexity index is 1010. The largest absolute Gasteiger partial charge is 0.416 e. The Balaban J connectivity index is 1.99. The number of benzene rings is 1. The van der Waals surface area contributed by atoms with Crippen molar-refractivity contribution in [1.29, 1.82) is 0 Å². The van der Waals surface area contributed by atoms with Gasteiger partial charge in [-0.05, 0) is 66.6 Å². The number of pyridine rings is 2. The van der Waals surface area contributed by atoms with Gasteiger partial charge in [0.15, 0.2) is 0 Å². The lowest BCUT2D eigenvalue weighted by Crippen LogP contribution is -2.20. The van der Waals surface area contributed by atoms with Crippen LogP contribution in [0.3, 0.4) is 0 Å². The van der Waals surface area contributed by atoms with Crippen molar-refractivity contribution in [3.05, 3.63) is 65.0 Å². The van der Waals surface area contributed by atoms with E-state index in [0.29, 0.717) is 11.8 Å². The summed E-state index contributed by atoms with van der Waals surface area (Å²) in [5, 5.41) is 0. The van der Waals surface area contributed by atoms with Crippen LogP contribution in [0.2, 0.25) is 0 Å². The number of aromatic nitrogens is 2. The molecule has 0 spiro atoms. The number of fused-ring (bicyclic) bond motifs is 2. The third-order valence-electron chi connectivity index (χ3n) is 4.98. The molecule has 3 heterocycles. The minimum atomic E-state index is 0.106. The average Bonchev–Trinajstić information content (AvgIpc) is 2.60. The number of aryl methyl sites for hydroxylation is 3. The van der Waals surface area contributed by atoms with Gasteiger partial charge >= 0.3 is 0 Å². The molecule has 4 rings (SSSR count). The van der Waals surface area contributed by atoms with E-state index in [1.54, 1.807) is 6.20 Å². The SMILES string of the molecule is Cc1cnc2c(c1)N(c1c(C)cc(C(C)(C)C)cc1C)c1cccnc1O2. The van der Waals surface area contributed by atoms with Gasteiger partial charge in [0.1, 0.15) is 11.4 Å². The molecule has 0 atom stereocenters. The molecule has 3 aromatic rings. The van der Waals surface area contributed by atoms with Crippen molar-refractivity contribution >= 4 is 17.1 Å². The maximum atomic E-state index is 5.98. The molecule has 0 unspecified atom stereocenters. The van der Waals surface area contributed by atoms with Gasteiger partial charge in [-0.3, -0.25) is 0 Å². The molecule has 0 amide bonds. The smallest absolute Gasteiger partial charge is 0.245 e. The van der Waals surface area contributed by atoms with Gasteiger partial charge in [0.25, 0.3) is 0 Å². The highest BCUT2D eigenvalue weighted by Crippen LogP contribution is 2.50. The first-order valence-electron chi connectivity index (χ1n) is 9.27. The normalized spacial score (nSPS) is 13.0. The zero-order valence-electron chi connectivity index (χ0n) is 16.8. The first-order chi connectivity index (χ1) is 12.8. The topological polar surface area (TPSA) is 38.2 Å². The fourth-order valence-corrected chi connectivity index (χ4v) is 3.62. The molecule has 0 bridgehead atoms. The van der Waals surface area contributed by atoms with Crippen LogP contribution in [-0.2, 0) is 5.41 Å². The van der Waals surface area contributed by atoms with Crippen LogP contribution in [0.15, 0.2) is 42.7 Å². The Hall–Kier alpha value is -2.88. The molecule has 0 saturated heterocycles. The van der Waals surface area contributed by atoms with Crippen LogP contribution in [0, 0.1) is 20.8 Å². The highest BCUT2D eigenvalue weighted by atomic mass is 16.5. The van der Waals surface area contributed by atoms with Gasteiger partial charge in [-0.15, -0.1) is 0 Å². The molecular weight excluding hydrogens is 334 g/mol. The second-order valence-corrected chi connectivity index (χ2v) is 8.31. The lowest BCUT2D eigenvalue weighted by Gasteiger charge is -2.34. The van der Waals surface area contributed by atoms with Crippen LogP contribution in [0.4, 0.5) is 17.1 Å². The summed E-state index contributed by atoms with van der Waals surface area (Å²) in [5.74, 6) is 1.17. The molecule has 0 N–H and O–H groups in total. The second kappa shape index (κ2) is 6.08. The number of anilines is 3. The van der Waals surface area contributed by atoms with E-state index in [9.17, 15) is 0 Å². The summed E-state index contributed by atoms with van der Waals surface area (Å²) in [4.78, 5) is 11.2. The zero-order valence-corrected chi connectivity index (χ0v) is 16.8. The van der Waals surface area contributed by atoms with Gasteiger partial charge in [-0.1, -0.05) is 32.9 Å². The Morgan fingerprint density at radius 2 is 1.56 bits per heavy atom. The lowest BCUT2D eigenvalue weighted by atomic mass is 9.84. The standard InChI is InChI=1S/C23H25N3O/c1-14-10-19-22(25-13-14)27-21-18(8-7-9-24-21)26(19)20-15(2)11-17(12-16(20)3)23(4,5)6/h7-13H,1-6H3. The van der Waals surface area contributed by atoms with E-state index in [-0.39, 0.29) is 5.41 Å². The van der Waals surface area contributed by atoms with Gasteiger partial charge in [-0.25, -0.2) is 9.97 Å². The van der Waals surface area contributed by atoms with Gasteiger partial charge in [0.2, 0.25) is 11.8 Å². The molecule has 4 nitrogen and oxygen atoms in total. The fraction of sp³-hybridized carbons (Fsp3) is 0.304. The van der Waals surface area contributed by atoms with E-state index in [0.717, 1.165) is 22.6 Å². The van der Waals surface area contributed by atoms with Crippen LogP contribution in [0.1, 0.15) is 43.0 Å². The Morgan fingerprint density at radius 1 is 0.889 bits per heavy atom. The van der Waals surface area contributed by atoms with Crippen molar-refractivity contribution in [2.75, 3.05) is 4.90 Å². The quantitative estimate of drug-likeness (QED) is 0.401. The van der Waals surface area contributed by atoms with Crippen LogP contribution in [0.25, 0.3) is 0 Å². The molecule has 0 saturated carbocycles. The van der Waals surface area contributed by atoms with Crippen LogP contribution in [0.5, 0.6) is 11.8 Å². The number of hydrogen-bond acceptors (Lipinski definition) is 4. The molecule has 0 radical (unpaired) electrons. The number of ether oxygens (including phenoxy) is 1. The zero-order chi connectivity index (χ0) is 19.3. The van der Waals surface area contributed by atoms with Crippen molar-refractivity contribution in [3.8, 4) is 11.8 Å². The molecular formula is C23H25N3O. The van der Waals surface area contributed by atoms with E-state index in [1.165, 1.54) is 16.7 Å². The van der Waals surface area contributed by atoms with E-state index in [2.05, 4.69) is 67.7 Å². The highest BCUT2D eigenvalue weighted by molar-refractivity contribution is 5.87. The Morgan fingerprint density at radius 3 is 2.22 bits per heavy atom. The minimum absolute atomic E-state index is 0.106. The lowest BCUT2D eigenvalue weighted by molar-refractivity contribution is 0.439. The van der Waals surface area contributed by atoms with E-state index in [1.807, 2.05) is 25.3 Å². The first kappa shape index (κ1) is 17.5. The van der Waals surface area contributed by atoms with Crippen LogP contribution in [-0.4, -0.2) is 9.97 Å². The van der Waals surface area contributed by atoms with E-state index in [4.69, 9.17) is 4.74 Å². The molecule has 1 aromatic carbocycles. The average molecular weight is 359 g/mol. The summed E-state index contributed by atoms with van der Waals surface area (Å²) < 4.78 is 5.98. The molecule has 27 heavy (non-hydrogen) atoms. The summed E-state index contributed by atoms with van der Waals surface area (Å²) in [6, 6.07) is 10.7. The Kier molecular flexibility index (Phi) is 3.95. The van der Waals surface area contributed by atoms with Gasteiger partial charge in [-0.2, -0.15) is 0 Å². The van der Waals surface area contributed by atoms with Gasteiger partial charge < -0.3 is 9.64 Å². The van der Waals surface area contributed by atoms with Gasteiger partial charge in [0.05, 0.1) is 5.69 Å². The summed E-state index contributed by atoms with van der Waals surface area (Å²) in [6.07, 6.45) is 3.58. The summed E-state index contributed by atoms with van der Waals surface area (Å²) >= 11 is 0. The maximum absolute atomic E-state index is 5.98. The van der Waals surface area contributed by atoms with Crippen LogP contribution < -0.4 is 9.64 Å². The molecule has 0 fully saturated rings. The number of hydrogen-bond donors (Lipinski definition) is 0. The summed E-state index contributed by atoms with van der Waals surface area (Å²) in [7, 11) is 0. The predicted molar refractivity (Wildman–Crippen MR) is 110 cm³/mol. The van der Waals surface area contributed by atoms with E-state index >= 15 is 0 Å². The minimum Gasteiger partial charge on any atom is -0.416 e. The highest BCUT2D eigenvalue weighted by Gasteiger charge is 2.30. The molecule has 4 heteroatoms. The van der Waals surface area contributed by atoms with Crippen molar-refractivity contribution in [1.82, 2.24) is 9.97 Å². The van der Waals surface area contributed by atoms with Crippen molar-refractivity contribution in [2.45, 2.75) is 47.0 Å². The predicted octanol–water partition coefficient (Wildman–Crippen LogP) is 6.27. The molecule has 2 aromatic heterocycles. The second-order valence-electron chi connectivity index (χ2n) is 8.31. The summed E-state index contributed by atoms with van der Waals surface area (Å²) in [5.41, 5.74) is 8.04. The Labute approximate surface area is 160 Å². The van der Waals surface area contributed by atoms with Crippen molar-refractivity contribution in [2.24, 2.45) is 0 Å². The van der Waals surface area contributed by atoms with Crippen molar-refractivity contribution in [3.63, 3.8) is 0 Å². The van der Waals surface area contributed by atoms with Crippen molar-refractivity contribution < 1.29 is 4.74 Å². The third kappa shape index (κ3) is 2.95. The monoisotopic (exact) mass is 359 g/mol. The van der Waals surface area contributed by atoms with Gasteiger partial charge in [0, 0.05) is 12.4 Å². The molecule has 1 aliphatic rings. The first-order valence-corrected chi connectivity index (χ1v) is 9.27. The van der Waals surface area contributed by atoms with Crippen LogP contribution >= 0.6 is 0 Å². The van der Waals surface area contributed by atoms with E-state index < -0.39 is 0 Å². The molecule has 1 aliphatic heterocycles. The third-order valence-corrected chi connectivity index (χ3v) is 4.98. The maximum Gasteiger partial charge on any atom is 0.245 e. The summed E-state index contributed by atoms with van der Waals surface area (Å²) in [6.45, 7) is 13.1. The molecule has 0 aliphatic carbocycles. The fourth-order valence-electron chi connectivity index (χ4n) is 3.62. The number of rotatable bonds is 1.